The maximum Gasteiger partial charge on any atom is 0.573 e. The van der Waals surface area contributed by atoms with Gasteiger partial charge in [-0.25, -0.2) is 0 Å². The Morgan fingerprint density at radius 2 is 1.70 bits per heavy atom. The van der Waals surface area contributed by atoms with E-state index in [1.807, 2.05) is 0 Å². The third-order valence-corrected chi connectivity index (χ3v) is 5.51. The van der Waals surface area contributed by atoms with Gasteiger partial charge in [-0.3, -0.25) is 9.59 Å². The first-order valence-corrected chi connectivity index (χ1v) is 8.64. The Morgan fingerprint density at radius 1 is 1.11 bits per heavy atom. The van der Waals surface area contributed by atoms with E-state index in [1.165, 1.54) is 17.0 Å². The summed E-state index contributed by atoms with van der Waals surface area (Å²) < 4.78 is 40.6. The highest BCUT2D eigenvalue weighted by Gasteiger charge is 2.51. The minimum atomic E-state index is -4.77. The zero-order valence-corrected chi connectivity index (χ0v) is 14.5. The maximum atomic E-state index is 12.9. The number of alkyl halides is 3. The molecule has 1 amide bonds. The summed E-state index contributed by atoms with van der Waals surface area (Å²) in [5, 5.41) is 19.3. The molecular formula is C18H20F3NO5. The molecule has 2 fully saturated rings. The van der Waals surface area contributed by atoms with Gasteiger partial charge in [0, 0.05) is 12.2 Å². The second-order valence-corrected chi connectivity index (χ2v) is 7.32. The molecule has 3 rings (SSSR count). The monoisotopic (exact) mass is 387 g/mol. The number of anilines is 1. The molecule has 0 bridgehead atoms. The number of rotatable bonds is 4. The molecule has 2 N–H and O–H groups in total. The number of hydrogen-bond donors (Lipinski definition) is 2. The molecule has 6 nitrogen and oxygen atoms in total. The number of carboxylic acids is 1. The fourth-order valence-electron chi connectivity index (χ4n) is 4.01. The minimum Gasteiger partial charge on any atom is -0.481 e. The molecule has 27 heavy (non-hydrogen) atoms. The molecule has 0 unspecified atom stereocenters. The van der Waals surface area contributed by atoms with Crippen molar-refractivity contribution < 1.29 is 37.7 Å². The molecule has 1 spiro atoms. The molecule has 1 aromatic carbocycles. The second-order valence-electron chi connectivity index (χ2n) is 7.32. The van der Waals surface area contributed by atoms with Gasteiger partial charge in [0.25, 0.3) is 0 Å². The molecule has 0 radical (unpaired) electrons. The average molecular weight is 387 g/mol. The Balaban J connectivity index is 1.68. The van der Waals surface area contributed by atoms with Crippen molar-refractivity contribution >= 4 is 17.6 Å². The quantitative estimate of drug-likeness (QED) is 0.829. The van der Waals surface area contributed by atoms with E-state index >= 15 is 0 Å². The number of carboxylic acid groups (broad SMARTS) is 1. The standard InChI is InChI=1S/C18H20F3NO5/c19-18(20,21)27-13-3-1-12(2-4-13)22-10-9-16(15(22)25)5-7-17(26,8-6-16)11-14(23)24/h1-4,26H,5-11H2,(H,23,24). The number of halogens is 3. The Kier molecular flexibility index (Phi) is 4.83. The van der Waals surface area contributed by atoms with Crippen LogP contribution >= 0.6 is 0 Å². The summed E-state index contributed by atoms with van der Waals surface area (Å²) in [6.07, 6.45) is -3.31. The van der Waals surface area contributed by atoms with Gasteiger partial charge in [-0.1, -0.05) is 0 Å². The van der Waals surface area contributed by atoms with E-state index in [-0.39, 0.29) is 30.9 Å². The highest BCUT2D eigenvalue weighted by molar-refractivity contribution is 6.00. The zero-order valence-electron chi connectivity index (χ0n) is 14.5. The second kappa shape index (κ2) is 6.70. The van der Waals surface area contributed by atoms with E-state index in [9.17, 15) is 27.9 Å². The molecule has 1 aromatic rings. The Morgan fingerprint density at radius 3 is 2.22 bits per heavy atom. The number of carbonyl (C=O) groups is 2. The third kappa shape index (κ3) is 4.18. The number of aliphatic hydroxyl groups is 1. The lowest BCUT2D eigenvalue weighted by Crippen LogP contribution is -2.44. The van der Waals surface area contributed by atoms with Gasteiger partial charge in [0.05, 0.1) is 17.4 Å². The van der Waals surface area contributed by atoms with Crippen molar-refractivity contribution in [1.82, 2.24) is 0 Å². The zero-order chi connectivity index (χ0) is 19.9. The summed E-state index contributed by atoms with van der Waals surface area (Å²) in [6, 6.07) is 5.13. The van der Waals surface area contributed by atoms with Crippen molar-refractivity contribution in [2.45, 2.75) is 50.5 Å². The predicted octanol–water partition coefficient (Wildman–Crippen LogP) is 3.09. The number of amides is 1. The molecule has 1 saturated heterocycles. The van der Waals surface area contributed by atoms with Crippen LogP contribution in [0.15, 0.2) is 24.3 Å². The summed E-state index contributed by atoms with van der Waals surface area (Å²) in [5.41, 5.74) is -1.45. The minimum absolute atomic E-state index is 0.135. The van der Waals surface area contributed by atoms with Gasteiger partial charge in [0.1, 0.15) is 5.75 Å². The van der Waals surface area contributed by atoms with Crippen LogP contribution in [0.25, 0.3) is 0 Å². The molecule has 1 saturated carbocycles. The maximum absolute atomic E-state index is 12.9. The molecule has 1 aliphatic carbocycles. The first-order chi connectivity index (χ1) is 12.5. The van der Waals surface area contributed by atoms with Crippen molar-refractivity contribution in [3.8, 4) is 5.75 Å². The van der Waals surface area contributed by atoms with Crippen LogP contribution < -0.4 is 9.64 Å². The first-order valence-electron chi connectivity index (χ1n) is 8.64. The summed E-state index contributed by atoms with van der Waals surface area (Å²) >= 11 is 0. The van der Waals surface area contributed by atoms with Crippen LogP contribution in [-0.4, -0.2) is 40.6 Å². The normalized spacial score (nSPS) is 28.6. The molecule has 9 heteroatoms. The summed E-state index contributed by atoms with van der Waals surface area (Å²) in [7, 11) is 0. The van der Waals surface area contributed by atoms with Crippen molar-refractivity contribution in [2.75, 3.05) is 11.4 Å². The Bertz CT molecular complexity index is 724. The number of hydrogen-bond acceptors (Lipinski definition) is 4. The largest absolute Gasteiger partial charge is 0.573 e. The lowest BCUT2D eigenvalue weighted by atomic mass is 9.67. The molecule has 0 aromatic heterocycles. The van der Waals surface area contributed by atoms with Gasteiger partial charge in [-0.2, -0.15) is 0 Å². The van der Waals surface area contributed by atoms with Gasteiger partial charge in [0.2, 0.25) is 5.91 Å². The third-order valence-electron chi connectivity index (χ3n) is 5.51. The SMILES string of the molecule is O=C(O)CC1(O)CCC2(CCN(c3ccc(OC(F)(F)F)cc3)C2=O)CC1. The molecule has 2 aliphatic rings. The van der Waals surface area contributed by atoms with Crippen LogP contribution in [0.5, 0.6) is 5.75 Å². The summed E-state index contributed by atoms with van der Waals surface area (Å²) in [5.74, 6) is -1.57. The van der Waals surface area contributed by atoms with E-state index in [1.54, 1.807) is 0 Å². The number of aliphatic carboxylic acids is 1. The van der Waals surface area contributed by atoms with Crippen LogP contribution in [0, 0.1) is 5.41 Å². The van der Waals surface area contributed by atoms with Crippen molar-refractivity contribution in [3.05, 3.63) is 24.3 Å². The number of benzene rings is 1. The van der Waals surface area contributed by atoms with Gasteiger partial charge in [-0.15, -0.1) is 13.2 Å². The molecule has 1 aliphatic heterocycles. The Hall–Kier alpha value is -2.29. The van der Waals surface area contributed by atoms with E-state index < -0.39 is 23.3 Å². The smallest absolute Gasteiger partial charge is 0.481 e. The van der Waals surface area contributed by atoms with E-state index in [2.05, 4.69) is 4.74 Å². The highest BCUT2D eigenvalue weighted by Crippen LogP contribution is 2.49. The van der Waals surface area contributed by atoms with Crippen LogP contribution in [0.3, 0.4) is 0 Å². The lowest BCUT2D eigenvalue weighted by Gasteiger charge is -2.40. The number of ether oxygens (including phenoxy) is 1. The van der Waals surface area contributed by atoms with E-state index in [4.69, 9.17) is 5.11 Å². The molecule has 1 heterocycles. The molecular weight excluding hydrogens is 367 g/mol. The summed E-state index contributed by atoms with van der Waals surface area (Å²) in [4.78, 5) is 25.4. The average Bonchev–Trinajstić information content (AvgIpc) is 2.87. The fraction of sp³-hybridized carbons (Fsp3) is 0.556. The number of carbonyl (C=O) groups excluding carboxylic acids is 1. The van der Waals surface area contributed by atoms with Gasteiger partial charge < -0.3 is 19.8 Å². The topological polar surface area (TPSA) is 87.1 Å². The van der Waals surface area contributed by atoms with Crippen molar-refractivity contribution in [2.24, 2.45) is 5.41 Å². The first kappa shape index (κ1) is 19.5. The van der Waals surface area contributed by atoms with Crippen LogP contribution in [0.1, 0.15) is 38.5 Å². The van der Waals surface area contributed by atoms with Gasteiger partial charge in [-0.05, 0) is 56.4 Å². The van der Waals surface area contributed by atoms with Crippen LogP contribution in [0.4, 0.5) is 18.9 Å². The fourth-order valence-corrected chi connectivity index (χ4v) is 4.01. The van der Waals surface area contributed by atoms with Crippen LogP contribution in [0.2, 0.25) is 0 Å². The molecule has 148 valence electrons. The lowest BCUT2D eigenvalue weighted by molar-refractivity contribution is -0.274. The van der Waals surface area contributed by atoms with Gasteiger partial charge >= 0.3 is 12.3 Å². The number of nitrogens with zero attached hydrogens (tertiary/aromatic N) is 1. The molecule has 0 atom stereocenters. The van der Waals surface area contributed by atoms with Crippen LogP contribution in [-0.2, 0) is 9.59 Å². The van der Waals surface area contributed by atoms with E-state index in [0.29, 0.717) is 31.5 Å². The van der Waals surface area contributed by atoms with Crippen molar-refractivity contribution in [3.63, 3.8) is 0 Å². The Labute approximate surface area is 153 Å². The van der Waals surface area contributed by atoms with Crippen molar-refractivity contribution in [1.29, 1.82) is 0 Å². The predicted molar refractivity (Wildman–Crippen MR) is 88.2 cm³/mol. The van der Waals surface area contributed by atoms with E-state index in [0.717, 1.165) is 12.1 Å². The van der Waals surface area contributed by atoms with Gasteiger partial charge in [0.15, 0.2) is 0 Å². The summed E-state index contributed by atoms with van der Waals surface area (Å²) in [6.45, 7) is 0.426. The highest BCUT2D eigenvalue weighted by atomic mass is 19.4.